The topological polar surface area (TPSA) is 78.5 Å². The lowest BCUT2D eigenvalue weighted by atomic mass is 10.1. The van der Waals surface area contributed by atoms with Crippen LogP contribution in [0.3, 0.4) is 0 Å². The number of hydrogen-bond acceptors (Lipinski definition) is 3. The molecule has 4 amide bonds. The van der Waals surface area contributed by atoms with Crippen LogP contribution in [0.2, 0.25) is 0 Å². The van der Waals surface area contributed by atoms with Gasteiger partial charge in [-0.1, -0.05) is 30.3 Å². The minimum absolute atomic E-state index is 0.00208. The van der Waals surface area contributed by atoms with E-state index in [1.165, 1.54) is 6.07 Å². The molecule has 1 heterocycles. The van der Waals surface area contributed by atoms with Gasteiger partial charge in [0.1, 0.15) is 5.82 Å². The average Bonchev–Trinajstić information content (AvgIpc) is 2.89. The molecule has 0 unspecified atom stereocenters. The first-order chi connectivity index (χ1) is 12.0. The summed E-state index contributed by atoms with van der Waals surface area (Å²) in [5, 5.41) is 5.15. The highest BCUT2D eigenvalue weighted by molar-refractivity contribution is 6.01. The fourth-order valence-corrected chi connectivity index (χ4v) is 2.57. The van der Waals surface area contributed by atoms with Crippen LogP contribution in [0.4, 0.5) is 14.9 Å². The van der Waals surface area contributed by atoms with Crippen molar-refractivity contribution in [2.75, 3.05) is 11.9 Å². The molecule has 0 spiro atoms. The van der Waals surface area contributed by atoms with E-state index >= 15 is 0 Å². The number of nitrogens with zero attached hydrogens (tertiary/aromatic N) is 1. The zero-order valence-corrected chi connectivity index (χ0v) is 13.3. The summed E-state index contributed by atoms with van der Waals surface area (Å²) >= 11 is 0. The number of benzene rings is 2. The van der Waals surface area contributed by atoms with Crippen LogP contribution in [0.5, 0.6) is 0 Å². The summed E-state index contributed by atoms with van der Waals surface area (Å²) in [6, 6.07) is 12.5. The zero-order chi connectivity index (χ0) is 17.8. The fraction of sp³-hybridized carbons (Fsp3) is 0.167. The molecule has 0 saturated carbocycles. The van der Waals surface area contributed by atoms with Gasteiger partial charge in [0.05, 0.1) is 19.5 Å². The molecule has 7 heteroatoms. The second kappa shape index (κ2) is 7.12. The molecular weight excluding hydrogens is 325 g/mol. The van der Waals surface area contributed by atoms with Crippen LogP contribution >= 0.6 is 0 Å². The molecule has 1 fully saturated rings. The van der Waals surface area contributed by atoms with Gasteiger partial charge in [0.25, 0.3) is 0 Å². The summed E-state index contributed by atoms with van der Waals surface area (Å²) < 4.78 is 13.6. The third-order valence-electron chi connectivity index (χ3n) is 3.80. The summed E-state index contributed by atoms with van der Waals surface area (Å²) in [7, 11) is 0. The van der Waals surface area contributed by atoms with Crippen LogP contribution in [-0.2, 0) is 22.6 Å². The third kappa shape index (κ3) is 4.00. The molecule has 0 radical (unpaired) electrons. The van der Waals surface area contributed by atoms with Gasteiger partial charge in [-0.3, -0.25) is 14.5 Å². The molecule has 2 aromatic rings. The van der Waals surface area contributed by atoms with E-state index in [0.717, 1.165) is 4.90 Å². The number of anilines is 1. The maximum absolute atomic E-state index is 13.6. The monoisotopic (exact) mass is 341 g/mol. The van der Waals surface area contributed by atoms with E-state index in [4.69, 9.17) is 0 Å². The highest BCUT2D eigenvalue weighted by Crippen LogP contribution is 2.15. The standard InChI is InChI=1S/C18H16FN3O3/c19-15-7-2-1-5-13(15)9-16(23)21-14-6-3-4-12(8-14)11-22-17(24)10-20-18(22)25/h1-8H,9-11H2,(H,20,25)(H,21,23). The Morgan fingerprint density at radius 1 is 1.16 bits per heavy atom. The van der Waals surface area contributed by atoms with Gasteiger partial charge in [-0.15, -0.1) is 0 Å². The molecule has 1 saturated heterocycles. The minimum atomic E-state index is -0.431. The van der Waals surface area contributed by atoms with Crippen LogP contribution in [-0.4, -0.2) is 29.3 Å². The van der Waals surface area contributed by atoms with Gasteiger partial charge in [0.15, 0.2) is 0 Å². The number of carbonyl (C=O) groups excluding carboxylic acids is 3. The molecule has 1 aliphatic rings. The van der Waals surface area contributed by atoms with Gasteiger partial charge >= 0.3 is 6.03 Å². The fourth-order valence-electron chi connectivity index (χ4n) is 2.57. The van der Waals surface area contributed by atoms with Crippen molar-refractivity contribution in [1.82, 2.24) is 10.2 Å². The smallest absolute Gasteiger partial charge is 0.324 e. The van der Waals surface area contributed by atoms with Crippen molar-refractivity contribution < 1.29 is 18.8 Å². The molecule has 0 aromatic heterocycles. The first kappa shape index (κ1) is 16.6. The predicted molar refractivity (Wildman–Crippen MR) is 89.1 cm³/mol. The summed E-state index contributed by atoms with van der Waals surface area (Å²) in [4.78, 5) is 36.4. The lowest BCUT2D eigenvalue weighted by Gasteiger charge is -2.13. The summed E-state index contributed by atoms with van der Waals surface area (Å²) in [5.41, 5.74) is 1.54. The zero-order valence-electron chi connectivity index (χ0n) is 13.3. The number of halogens is 1. The lowest BCUT2D eigenvalue weighted by molar-refractivity contribution is -0.125. The highest BCUT2D eigenvalue weighted by Gasteiger charge is 2.28. The number of rotatable bonds is 5. The Morgan fingerprint density at radius 3 is 2.68 bits per heavy atom. The second-order valence-electron chi connectivity index (χ2n) is 5.66. The molecule has 0 aliphatic carbocycles. The summed E-state index contributed by atoms with van der Waals surface area (Å²) in [5.74, 6) is -1.07. The molecule has 1 aliphatic heterocycles. The largest absolute Gasteiger partial charge is 0.329 e. The van der Waals surface area contributed by atoms with E-state index < -0.39 is 11.8 Å². The normalized spacial score (nSPS) is 13.7. The van der Waals surface area contributed by atoms with Crippen molar-refractivity contribution in [3.63, 3.8) is 0 Å². The number of nitrogens with one attached hydrogen (secondary N) is 2. The Bertz CT molecular complexity index is 822. The Balaban J connectivity index is 1.65. The van der Waals surface area contributed by atoms with E-state index in [2.05, 4.69) is 10.6 Å². The van der Waals surface area contributed by atoms with Gasteiger partial charge in [0, 0.05) is 5.69 Å². The Kier molecular flexibility index (Phi) is 4.74. The van der Waals surface area contributed by atoms with Crippen LogP contribution in [0.1, 0.15) is 11.1 Å². The second-order valence-corrected chi connectivity index (χ2v) is 5.66. The molecule has 128 valence electrons. The summed E-state index contributed by atoms with van der Waals surface area (Å²) in [6.07, 6.45) is -0.0794. The molecule has 3 rings (SSSR count). The maximum Gasteiger partial charge on any atom is 0.324 e. The van der Waals surface area contributed by atoms with Crippen molar-refractivity contribution in [3.8, 4) is 0 Å². The van der Waals surface area contributed by atoms with Crippen LogP contribution in [0, 0.1) is 5.82 Å². The van der Waals surface area contributed by atoms with Gasteiger partial charge in [-0.2, -0.15) is 0 Å². The van der Waals surface area contributed by atoms with Crippen LogP contribution in [0.15, 0.2) is 48.5 Å². The average molecular weight is 341 g/mol. The van der Waals surface area contributed by atoms with Crippen molar-refractivity contribution in [1.29, 1.82) is 0 Å². The quantitative estimate of drug-likeness (QED) is 0.817. The molecule has 2 aromatic carbocycles. The SMILES string of the molecule is O=C(Cc1ccccc1F)Nc1cccc(CN2C(=O)CNC2=O)c1. The molecular formula is C18H16FN3O3. The predicted octanol–water partition coefficient (Wildman–Crippen LogP) is 2.06. The first-order valence-corrected chi connectivity index (χ1v) is 7.73. The van der Waals surface area contributed by atoms with E-state index in [0.29, 0.717) is 16.8 Å². The Morgan fingerprint density at radius 2 is 1.96 bits per heavy atom. The lowest BCUT2D eigenvalue weighted by Crippen LogP contribution is -2.30. The molecule has 0 bridgehead atoms. The number of imide groups is 1. The third-order valence-corrected chi connectivity index (χ3v) is 3.80. The Hall–Kier alpha value is -3.22. The number of hydrogen-bond donors (Lipinski definition) is 2. The van der Waals surface area contributed by atoms with E-state index in [1.807, 2.05) is 0 Å². The Labute approximate surface area is 143 Å². The highest BCUT2D eigenvalue weighted by atomic mass is 19.1. The molecule has 6 nitrogen and oxygen atoms in total. The van der Waals surface area contributed by atoms with Crippen molar-refractivity contribution in [2.45, 2.75) is 13.0 Å². The minimum Gasteiger partial charge on any atom is -0.329 e. The number of amides is 4. The van der Waals surface area contributed by atoms with Crippen molar-refractivity contribution in [3.05, 3.63) is 65.5 Å². The van der Waals surface area contributed by atoms with Gasteiger partial charge in [0.2, 0.25) is 11.8 Å². The van der Waals surface area contributed by atoms with Gasteiger partial charge < -0.3 is 10.6 Å². The van der Waals surface area contributed by atoms with Gasteiger partial charge in [-0.25, -0.2) is 9.18 Å². The van der Waals surface area contributed by atoms with Crippen LogP contribution < -0.4 is 10.6 Å². The molecule has 25 heavy (non-hydrogen) atoms. The molecule has 0 atom stereocenters. The van der Waals surface area contributed by atoms with Crippen molar-refractivity contribution >= 4 is 23.5 Å². The van der Waals surface area contributed by atoms with Gasteiger partial charge in [-0.05, 0) is 29.3 Å². The number of urea groups is 1. The summed E-state index contributed by atoms with van der Waals surface area (Å²) in [6.45, 7) is 0.125. The van der Waals surface area contributed by atoms with E-state index in [1.54, 1.807) is 42.5 Å². The number of carbonyl (C=O) groups is 3. The van der Waals surface area contributed by atoms with Crippen LogP contribution in [0.25, 0.3) is 0 Å². The van der Waals surface area contributed by atoms with E-state index in [-0.39, 0.29) is 31.3 Å². The first-order valence-electron chi connectivity index (χ1n) is 7.73. The molecule has 2 N–H and O–H groups in total. The van der Waals surface area contributed by atoms with E-state index in [9.17, 15) is 18.8 Å². The maximum atomic E-state index is 13.6. The van der Waals surface area contributed by atoms with Crippen molar-refractivity contribution in [2.24, 2.45) is 0 Å².